The van der Waals surface area contributed by atoms with E-state index in [2.05, 4.69) is 5.32 Å². The number of hydrogen-bond donors (Lipinski definition) is 1. The van der Waals surface area contributed by atoms with Gasteiger partial charge in [0.2, 0.25) is 0 Å². The fourth-order valence-corrected chi connectivity index (χ4v) is 3.26. The predicted molar refractivity (Wildman–Crippen MR) is 94.8 cm³/mol. The third kappa shape index (κ3) is 4.45. The zero-order valence-electron chi connectivity index (χ0n) is 15.4. The van der Waals surface area contributed by atoms with Gasteiger partial charge in [-0.3, -0.25) is 4.79 Å². The van der Waals surface area contributed by atoms with E-state index < -0.39 is 5.60 Å². The molecule has 0 aromatic heterocycles. The third-order valence-corrected chi connectivity index (χ3v) is 4.56. The highest BCUT2D eigenvalue weighted by Gasteiger charge is 2.28. The van der Waals surface area contributed by atoms with Crippen molar-refractivity contribution in [2.24, 2.45) is 5.92 Å². The maximum Gasteiger partial charge on any atom is 0.410 e. The van der Waals surface area contributed by atoms with Crippen LogP contribution in [0.1, 0.15) is 39.2 Å². The molecular formula is C19H25FN2O4. The zero-order valence-corrected chi connectivity index (χ0v) is 15.4. The van der Waals surface area contributed by atoms with Gasteiger partial charge in [-0.05, 0) is 57.6 Å². The van der Waals surface area contributed by atoms with Gasteiger partial charge in [0.15, 0.2) is 6.61 Å². The van der Waals surface area contributed by atoms with Crippen LogP contribution in [0.25, 0.3) is 0 Å². The maximum atomic E-state index is 14.3. The molecule has 1 fully saturated rings. The highest BCUT2D eigenvalue weighted by atomic mass is 19.1. The van der Waals surface area contributed by atoms with E-state index in [1.807, 2.05) is 20.8 Å². The molecule has 1 saturated heterocycles. The zero-order chi connectivity index (χ0) is 18.9. The number of fused-ring (bicyclic) bond motifs is 1. The highest BCUT2D eigenvalue weighted by Crippen LogP contribution is 2.33. The molecule has 2 aliphatic heterocycles. The molecule has 0 aliphatic carbocycles. The van der Waals surface area contributed by atoms with Crippen molar-refractivity contribution in [3.63, 3.8) is 0 Å². The summed E-state index contributed by atoms with van der Waals surface area (Å²) in [5.41, 5.74) is 0.571. The lowest BCUT2D eigenvalue weighted by Gasteiger charge is -2.33. The molecule has 142 valence electrons. The van der Waals surface area contributed by atoms with Crippen molar-refractivity contribution in [1.82, 2.24) is 4.90 Å². The maximum absolute atomic E-state index is 14.3. The molecule has 1 N–H and O–H groups in total. The van der Waals surface area contributed by atoms with E-state index in [9.17, 15) is 14.0 Å². The van der Waals surface area contributed by atoms with Crippen molar-refractivity contribution in [2.45, 2.75) is 45.6 Å². The predicted octanol–water partition coefficient (Wildman–Crippen LogP) is 3.35. The molecule has 2 heterocycles. The number of nitrogens with one attached hydrogen (secondary N) is 1. The van der Waals surface area contributed by atoms with Crippen molar-refractivity contribution in [3.05, 3.63) is 23.5 Å². The molecule has 3 rings (SSSR count). The van der Waals surface area contributed by atoms with Crippen molar-refractivity contribution in [2.75, 3.05) is 25.0 Å². The Labute approximate surface area is 152 Å². The molecule has 0 atom stereocenters. The summed E-state index contributed by atoms with van der Waals surface area (Å²) in [7, 11) is 0. The number of amides is 2. The van der Waals surface area contributed by atoms with Crippen LogP contribution in [-0.4, -0.2) is 42.2 Å². The first kappa shape index (κ1) is 18.5. The fraction of sp³-hybridized carbons (Fsp3) is 0.579. The Morgan fingerprint density at radius 2 is 2.04 bits per heavy atom. The van der Waals surface area contributed by atoms with E-state index in [-0.39, 0.29) is 30.3 Å². The first-order valence-corrected chi connectivity index (χ1v) is 8.94. The van der Waals surface area contributed by atoms with Gasteiger partial charge in [0.1, 0.15) is 17.2 Å². The van der Waals surface area contributed by atoms with E-state index in [4.69, 9.17) is 9.47 Å². The lowest BCUT2D eigenvalue weighted by Crippen LogP contribution is -2.42. The van der Waals surface area contributed by atoms with Gasteiger partial charge in [-0.15, -0.1) is 0 Å². The summed E-state index contributed by atoms with van der Waals surface area (Å²) < 4.78 is 25.0. The Hall–Kier alpha value is -2.31. The Kier molecular flexibility index (Phi) is 5.07. The van der Waals surface area contributed by atoms with Crippen LogP contribution >= 0.6 is 0 Å². The van der Waals surface area contributed by atoms with Crippen LogP contribution in [0.2, 0.25) is 0 Å². The van der Waals surface area contributed by atoms with E-state index in [0.29, 0.717) is 36.5 Å². The Morgan fingerprint density at radius 1 is 1.35 bits per heavy atom. The van der Waals surface area contributed by atoms with Gasteiger partial charge in [0.05, 0.1) is 5.69 Å². The number of piperidine rings is 1. The molecule has 0 unspecified atom stereocenters. The summed E-state index contributed by atoms with van der Waals surface area (Å²) in [6.07, 6.45) is 1.85. The number of carbonyl (C=O) groups excluding carboxylic acids is 2. The van der Waals surface area contributed by atoms with Crippen LogP contribution in [0, 0.1) is 11.7 Å². The number of hydrogen-bond acceptors (Lipinski definition) is 4. The van der Waals surface area contributed by atoms with E-state index in [0.717, 1.165) is 12.8 Å². The number of rotatable bonds is 2. The van der Waals surface area contributed by atoms with Gasteiger partial charge in [0, 0.05) is 19.2 Å². The normalized spacial score (nSPS) is 18.0. The minimum atomic E-state index is -0.507. The smallest absolute Gasteiger partial charge is 0.410 e. The molecule has 6 nitrogen and oxygen atoms in total. The Balaban J connectivity index is 1.59. The quantitative estimate of drug-likeness (QED) is 0.874. The van der Waals surface area contributed by atoms with E-state index >= 15 is 0 Å². The summed E-state index contributed by atoms with van der Waals surface area (Å²) in [5.74, 6) is 0.0854. The average molecular weight is 364 g/mol. The average Bonchev–Trinajstić information content (AvgIpc) is 2.55. The standard InChI is InChI=1S/C19H25FN2O4/c1-19(2,3)26-18(24)22-6-4-12(5-7-22)8-13-9-15-16(10-14(13)20)25-11-17(23)21-15/h9-10,12H,4-8,11H2,1-3H3,(H,21,23). The number of benzene rings is 1. The molecule has 1 aromatic rings. The second-order valence-corrected chi connectivity index (χ2v) is 7.89. The largest absolute Gasteiger partial charge is 0.481 e. The van der Waals surface area contributed by atoms with Crippen molar-refractivity contribution in [1.29, 1.82) is 0 Å². The summed E-state index contributed by atoms with van der Waals surface area (Å²) in [5, 5.41) is 2.71. The van der Waals surface area contributed by atoms with Crippen LogP contribution in [0.5, 0.6) is 5.75 Å². The second-order valence-electron chi connectivity index (χ2n) is 7.89. The summed E-state index contributed by atoms with van der Waals surface area (Å²) in [4.78, 5) is 25.3. The lowest BCUT2D eigenvalue weighted by molar-refractivity contribution is -0.118. The molecule has 0 bridgehead atoms. The third-order valence-electron chi connectivity index (χ3n) is 4.56. The monoisotopic (exact) mass is 364 g/mol. The molecule has 1 aromatic carbocycles. The summed E-state index contributed by atoms with van der Waals surface area (Å²) >= 11 is 0. The van der Waals surface area contributed by atoms with Gasteiger partial charge >= 0.3 is 6.09 Å². The molecule has 0 saturated carbocycles. The molecule has 2 aliphatic rings. The Morgan fingerprint density at radius 3 is 2.69 bits per heavy atom. The van der Waals surface area contributed by atoms with Crippen molar-refractivity contribution < 1.29 is 23.5 Å². The van der Waals surface area contributed by atoms with Crippen molar-refractivity contribution in [3.8, 4) is 5.75 Å². The number of halogens is 1. The first-order chi connectivity index (χ1) is 12.2. The molecular weight excluding hydrogens is 339 g/mol. The minimum Gasteiger partial charge on any atom is -0.481 e. The lowest BCUT2D eigenvalue weighted by atomic mass is 9.90. The number of likely N-dealkylation sites (tertiary alicyclic amines) is 1. The highest BCUT2D eigenvalue weighted by molar-refractivity contribution is 5.95. The summed E-state index contributed by atoms with van der Waals surface area (Å²) in [6, 6.07) is 2.99. The molecule has 2 amide bonds. The van der Waals surface area contributed by atoms with Crippen LogP contribution in [-0.2, 0) is 16.0 Å². The SMILES string of the molecule is CC(C)(C)OC(=O)N1CCC(Cc2cc3c(cc2F)OCC(=O)N3)CC1. The molecule has 0 radical (unpaired) electrons. The number of anilines is 1. The van der Waals surface area contributed by atoms with Gasteiger partial charge < -0.3 is 19.7 Å². The van der Waals surface area contributed by atoms with Gasteiger partial charge in [-0.2, -0.15) is 0 Å². The molecule has 7 heteroatoms. The molecule has 26 heavy (non-hydrogen) atoms. The van der Waals surface area contributed by atoms with Gasteiger partial charge in [0.25, 0.3) is 5.91 Å². The van der Waals surface area contributed by atoms with Gasteiger partial charge in [-0.1, -0.05) is 0 Å². The van der Waals surface area contributed by atoms with Crippen LogP contribution in [0.15, 0.2) is 12.1 Å². The summed E-state index contributed by atoms with van der Waals surface area (Å²) in [6.45, 7) is 6.66. The van der Waals surface area contributed by atoms with Crippen molar-refractivity contribution >= 4 is 17.7 Å². The van der Waals surface area contributed by atoms with E-state index in [1.54, 1.807) is 11.0 Å². The van der Waals surface area contributed by atoms with Crippen LogP contribution in [0.4, 0.5) is 14.9 Å². The topological polar surface area (TPSA) is 67.9 Å². The van der Waals surface area contributed by atoms with Crippen LogP contribution in [0.3, 0.4) is 0 Å². The number of carbonyl (C=O) groups is 2. The number of nitrogens with zero attached hydrogens (tertiary/aromatic N) is 1. The van der Waals surface area contributed by atoms with Gasteiger partial charge in [-0.25, -0.2) is 9.18 Å². The number of ether oxygens (including phenoxy) is 2. The van der Waals surface area contributed by atoms with E-state index in [1.165, 1.54) is 6.07 Å². The van der Waals surface area contributed by atoms with Crippen LogP contribution < -0.4 is 10.1 Å². The Bertz CT molecular complexity index is 706. The fourth-order valence-electron chi connectivity index (χ4n) is 3.26. The first-order valence-electron chi connectivity index (χ1n) is 8.94. The second kappa shape index (κ2) is 7.13. The minimum absolute atomic E-state index is 0.0884. The molecule has 0 spiro atoms.